The van der Waals surface area contributed by atoms with Crippen LogP contribution in [-0.2, 0) is 12.7 Å². The number of nitrogens with zero attached hydrogens (tertiary/aromatic N) is 2. The Morgan fingerprint density at radius 1 is 1.14 bits per heavy atom. The highest BCUT2D eigenvalue weighted by Gasteiger charge is 2.33. The van der Waals surface area contributed by atoms with Crippen LogP contribution in [0.25, 0.3) is 0 Å². The number of pyridine rings is 1. The van der Waals surface area contributed by atoms with Gasteiger partial charge in [-0.25, -0.2) is 4.98 Å². The lowest BCUT2D eigenvalue weighted by Crippen LogP contribution is -2.27. The number of aryl methyl sites for hydroxylation is 1. The fourth-order valence-electron chi connectivity index (χ4n) is 2.08. The van der Waals surface area contributed by atoms with E-state index in [4.69, 9.17) is 0 Å². The van der Waals surface area contributed by atoms with Crippen molar-refractivity contribution in [1.29, 1.82) is 0 Å². The van der Waals surface area contributed by atoms with E-state index in [0.717, 1.165) is 11.6 Å². The van der Waals surface area contributed by atoms with Crippen molar-refractivity contribution in [2.75, 3.05) is 7.05 Å². The summed E-state index contributed by atoms with van der Waals surface area (Å²) < 4.78 is 37.8. The van der Waals surface area contributed by atoms with Crippen LogP contribution in [0.1, 0.15) is 27.3 Å². The van der Waals surface area contributed by atoms with Gasteiger partial charge in [0, 0.05) is 13.6 Å². The topological polar surface area (TPSA) is 33.2 Å². The van der Waals surface area contributed by atoms with E-state index in [1.807, 2.05) is 30.3 Å². The Morgan fingerprint density at radius 2 is 1.77 bits per heavy atom. The first-order chi connectivity index (χ1) is 10.3. The van der Waals surface area contributed by atoms with Crippen LogP contribution in [0.5, 0.6) is 0 Å². The van der Waals surface area contributed by atoms with E-state index in [-0.39, 0.29) is 17.2 Å². The van der Waals surface area contributed by atoms with Crippen LogP contribution in [0.2, 0.25) is 0 Å². The normalized spacial score (nSPS) is 11.3. The van der Waals surface area contributed by atoms with Crippen molar-refractivity contribution in [1.82, 2.24) is 9.88 Å². The lowest BCUT2D eigenvalue weighted by atomic mass is 10.1. The number of halogens is 3. The summed E-state index contributed by atoms with van der Waals surface area (Å²) in [6.07, 6.45) is -4.51. The van der Waals surface area contributed by atoms with Gasteiger partial charge in [0.15, 0.2) is 0 Å². The van der Waals surface area contributed by atoms with Crippen molar-refractivity contribution >= 4 is 5.91 Å². The molecule has 6 heteroatoms. The minimum Gasteiger partial charge on any atom is -0.337 e. The molecule has 0 saturated heterocycles. The van der Waals surface area contributed by atoms with Crippen LogP contribution in [0.15, 0.2) is 42.5 Å². The van der Waals surface area contributed by atoms with Crippen molar-refractivity contribution in [3.8, 4) is 0 Å². The zero-order valence-corrected chi connectivity index (χ0v) is 12.2. The van der Waals surface area contributed by atoms with Gasteiger partial charge in [-0.3, -0.25) is 4.79 Å². The van der Waals surface area contributed by atoms with E-state index >= 15 is 0 Å². The highest BCUT2D eigenvalue weighted by molar-refractivity contribution is 5.95. The number of benzene rings is 1. The van der Waals surface area contributed by atoms with Gasteiger partial charge in [-0.2, -0.15) is 13.2 Å². The molecule has 3 nitrogen and oxygen atoms in total. The third-order valence-corrected chi connectivity index (χ3v) is 3.22. The van der Waals surface area contributed by atoms with E-state index in [9.17, 15) is 18.0 Å². The molecule has 0 aliphatic carbocycles. The summed E-state index contributed by atoms with van der Waals surface area (Å²) in [5, 5.41) is 0. The summed E-state index contributed by atoms with van der Waals surface area (Å²) >= 11 is 0. The van der Waals surface area contributed by atoms with Gasteiger partial charge in [-0.15, -0.1) is 0 Å². The largest absolute Gasteiger partial charge is 0.433 e. The van der Waals surface area contributed by atoms with Gasteiger partial charge < -0.3 is 4.90 Å². The molecule has 116 valence electrons. The second kappa shape index (κ2) is 6.17. The number of amides is 1. The fourth-order valence-corrected chi connectivity index (χ4v) is 2.08. The molecule has 0 aliphatic rings. The summed E-state index contributed by atoms with van der Waals surface area (Å²) in [4.78, 5) is 17.3. The third kappa shape index (κ3) is 3.63. The molecule has 0 fully saturated rings. The highest BCUT2D eigenvalue weighted by Crippen LogP contribution is 2.28. The number of aromatic nitrogens is 1. The Labute approximate surface area is 126 Å². The standard InChI is InChI=1S/C16H15F3N2O/c1-11-13(8-9-14(20-11)16(17,18)19)15(22)21(2)10-12-6-4-3-5-7-12/h3-9H,10H2,1-2H3. The lowest BCUT2D eigenvalue weighted by molar-refractivity contribution is -0.141. The molecular weight excluding hydrogens is 293 g/mol. The summed E-state index contributed by atoms with van der Waals surface area (Å²) in [7, 11) is 1.60. The van der Waals surface area contributed by atoms with Gasteiger partial charge in [0.1, 0.15) is 5.69 Å². The molecule has 0 N–H and O–H groups in total. The van der Waals surface area contributed by atoms with Crippen LogP contribution in [0, 0.1) is 6.92 Å². The average Bonchev–Trinajstić information content (AvgIpc) is 2.46. The number of alkyl halides is 3. The van der Waals surface area contributed by atoms with Gasteiger partial charge in [-0.1, -0.05) is 30.3 Å². The Morgan fingerprint density at radius 3 is 2.32 bits per heavy atom. The van der Waals surface area contributed by atoms with Gasteiger partial charge in [0.2, 0.25) is 0 Å². The first-order valence-electron chi connectivity index (χ1n) is 6.63. The second-order valence-electron chi connectivity index (χ2n) is 4.97. The van der Waals surface area contributed by atoms with E-state index < -0.39 is 11.9 Å². The number of hydrogen-bond acceptors (Lipinski definition) is 2. The van der Waals surface area contributed by atoms with E-state index in [1.165, 1.54) is 17.9 Å². The predicted octanol–water partition coefficient (Wildman–Crippen LogP) is 3.68. The Bertz CT molecular complexity index is 669. The lowest BCUT2D eigenvalue weighted by Gasteiger charge is -2.18. The molecule has 0 atom stereocenters. The van der Waals surface area contributed by atoms with Crippen molar-refractivity contribution in [2.24, 2.45) is 0 Å². The monoisotopic (exact) mass is 308 g/mol. The first kappa shape index (κ1) is 16.0. The van der Waals surface area contributed by atoms with Gasteiger partial charge >= 0.3 is 6.18 Å². The predicted molar refractivity (Wildman–Crippen MR) is 76.2 cm³/mol. The molecular formula is C16H15F3N2O. The van der Waals surface area contributed by atoms with Crippen molar-refractivity contribution < 1.29 is 18.0 Å². The Kier molecular flexibility index (Phi) is 4.49. The molecule has 2 rings (SSSR count). The van der Waals surface area contributed by atoms with Crippen LogP contribution in [0.4, 0.5) is 13.2 Å². The minimum absolute atomic E-state index is 0.0692. The van der Waals surface area contributed by atoms with Gasteiger partial charge in [-0.05, 0) is 24.6 Å². The quantitative estimate of drug-likeness (QED) is 0.866. The van der Waals surface area contributed by atoms with Crippen LogP contribution in [-0.4, -0.2) is 22.8 Å². The van der Waals surface area contributed by atoms with Crippen LogP contribution < -0.4 is 0 Å². The molecule has 1 aromatic carbocycles. The third-order valence-electron chi connectivity index (χ3n) is 3.22. The first-order valence-corrected chi connectivity index (χ1v) is 6.63. The molecule has 1 amide bonds. The minimum atomic E-state index is -4.51. The molecule has 1 aromatic heterocycles. The fraction of sp³-hybridized carbons (Fsp3) is 0.250. The molecule has 0 spiro atoms. The SMILES string of the molecule is Cc1nc(C(F)(F)F)ccc1C(=O)N(C)Cc1ccccc1. The maximum atomic E-state index is 12.6. The van der Waals surface area contributed by atoms with E-state index in [2.05, 4.69) is 4.98 Å². The van der Waals surface area contributed by atoms with E-state index in [0.29, 0.717) is 6.54 Å². The number of rotatable bonds is 3. The number of hydrogen-bond donors (Lipinski definition) is 0. The molecule has 0 saturated carbocycles. The summed E-state index contributed by atoms with van der Waals surface area (Å²) in [6, 6.07) is 11.3. The van der Waals surface area contributed by atoms with Crippen LogP contribution >= 0.6 is 0 Å². The molecule has 2 aromatic rings. The number of carbonyl (C=O) groups is 1. The highest BCUT2D eigenvalue weighted by atomic mass is 19.4. The maximum absolute atomic E-state index is 12.6. The van der Waals surface area contributed by atoms with Gasteiger partial charge in [0.05, 0.1) is 11.3 Å². The van der Waals surface area contributed by atoms with E-state index in [1.54, 1.807) is 7.05 Å². The molecule has 1 heterocycles. The molecule has 22 heavy (non-hydrogen) atoms. The number of carbonyl (C=O) groups excluding carboxylic acids is 1. The van der Waals surface area contributed by atoms with Crippen molar-refractivity contribution in [3.63, 3.8) is 0 Å². The Hall–Kier alpha value is -2.37. The summed E-state index contributed by atoms with van der Waals surface area (Å²) in [5.74, 6) is -0.359. The Balaban J connectivity index is 2.19. The molecule has 0 radical (unpaired) electrons. The summed E-state index contributed by atoms with van der Waals surface area (Å²) in [5.41, 5.74) is 0.189. The van der Waals surface area contributed by atoms with Gasteiger partial charge in [0.25, 0.3) is 5.91 Å². The summed E-state index contributed by atoms with van der Waals surface area (Å²) in [6.45, 7) is 1.78. The zero-order valence-electron chi connectivity index (χ0n) is 12.2. The zero-order chi connectivity index (χ0) is 16.3. The maximum Gasteiger partial charge on any atom is 0.433 e. The van der Waals surface area contributed by atoms with Crippen LogP contribution in [0.3, 0.4) is 0 Å². The average molecular weight is 308 g/mol. The second-order valence-corrected chi connectivity index (χ2v) is 4.97. The smallest absolute Gasteiger partial charge is 0.337 e. The van der Waals surface area contributed by atoms with Crippen molar-refractivity contribution in [3.05, 3.63) is 65.0 Å². The van der Waals surface area contributed by atoms with Crippen molar-refractivity contribution in [2.45, 2.75) is 19.6 Å². The molecule has 0 bridgehead atoms. The molecule has 0 unspecified atom stereocenters. The molecule has 0 aliphatic heterocycles.